The lowest BCUT2D eigenvalue weighted by Crippen LogP contribution is -2.44. The molecule has 2 aromatic rings. The highest BCUT2D eigenvalue weighted by atomic mass is 16.5. The number of nitrogens with zero attached hydrogens (tertiary/aromatic N) is 2. The number of methoxy groups -OCH3 is 1. The number of piperidine rings is 1. The van der Waals surface area contributed by atoms with Crippen LogP contribution in [0.5, 0.6) is 5.75 Å². The Kier molecular flexibility index (Phi) is 5.53. The van der Waals surface area contributed by atoms with Gasteiger partial charge in [0.05, 0.1) is 13.2 Å². The molecule has 2 heterocycles. The fourth-order valence-corrected chi connectivity index (χ4v) is 3.32. The Morgan fingerprint density at radius 2 is 1.96 bits per heavy atom. The van der Waals surface area contributed by atoms with Gasteiger partial charge in [0.25, 0.3) is 0 Å². The van der Waals surface area contributed by atoms with Crippen LogP contribution in [-0.2, 0) is 0 Å². The van der Waals surface area contributed by atoms with Gasteiger partial charge in [0, 0.05) is 25.5 Å². The maximum Gasteiger partial charge on any atom is 0.317 e. The molecule has 25 heavy (non-hydrogen) atoms. The predicted octanol–water partition coefficient (Wildman–Crippen LogP) is 3.74. The molecular weight excluding hydrogens is 314 g/mol. The van der Waals surface area contributed by atoms with Crippen molar-refractivity contribution in [2.45, 2.75) is 31.7 Å². The van der Waals surface area contributed by atoms with Crippen LogP contribution in [0, 0.1) is 0 Å². The standard InChI is InChI=1S/C20H25N3O2/c1-15(18-4-3-5-19(14-18)25-2)22-20(24)23-12-8-17(9-13-23)16-6-10-21-11-7-16/h3-7,10-11,14-15,17H,8-9,12-13H2,1-2H3,(H,22,24)/t15-/m1/s1. The average Bonchev–Trinajstić information content (AvgIpc) is 2.68. The molecule has 1 saturated heterocycles. The van der Waals surface area contributed by atoms with Crippen molar-refractivity contribution < 1.29 is 9.53 Å². The van der Waals surface area contributed by atoms with E-state index in [9.17, 15) is 4.79 Å². The Morgan fingerprint density at radius 1 is 1.24 bits per heavy atom. The van der Waals surface area contributed by atoms with Crippen molar-refractivity contribution in [1.29, 1.82) is 0 Å². The molecule has 1 N–H and O–H groups in total. The Labute approximate surface area is 149 Å². The summed E-state index contributed by atoms with van der Waals surface area (Å²) in [5.74, 6) is 1.32. The molecule has 0 unspecified atom stereocenters. The van der Waals surface area contributed by atoms with Crippen molar-refractivity contribution >= 4 is 6.03 Å². The van der Waals surface area contributed by atoms with Gasteiger partial charge < -0.3 is 15.0 Å². The number of hydrogen-bond acceptors (Lipinski definition) is 3. The van der Waals surface area contributed by atoms with E-state index in [1.165, 1.54) is 5.56 Å². The van der Waals surface area contributed by atoms with Gasteiger partial charge in [-0.2, -0.15) is 0 Å². The quantitative estimate of drug-likeness (QED) is 0.923. The van der Waals surface area contributed by atoms with Crippen molar-refractivity contribution in [2.75, 3.05) is 20.2 Å². The first-order valence-electron chi connectivity index (χ1n) is 8.76. The van der Waals surface area contributed by atoms with Crippen LogP contribution in [0.2, 0.25) is 0 Å². The maximum absolute atomic E-state index is 12.6. The van der Waals surface area contributed by atoms with Crippen LogP contribution in [-0.4, -0.2) is 36.1 Å². The molecule has 5 nitrogen and oxygen atoms in total. The highest BCUT2D eigenvalue weighted by Crippen LogP contribution is 2.27. The number of amides is 2. The molecule has 1 aromatic heterocycles. The highest BCUT2D eigenvalue weighted by Gasteiger charge is 2.24. The summed E-state index contributed by atoms with van der Waals surface area (Å²) < 4.78 is 5.25. The van der Waals surface area contributed by atoms with Gasteiger partial charge in [-0.05, 0) is 61.1 Å². The smallest absolute Gasteiger partial charge is 0.317 e. The molecule has 0 radical (unpaired) electrons. The largest absolute Gasteiger partial charge is 0.497 e. The van der Waals surface area contributed by atoms with Crippen molar-refractivity contribution in [1.82, 2.24) is 15.2 Å². The number of urea groups is 1. The van der Waals surface area contributed by atoms with Gasteiger partial charge >= 0.3 is 6.03 Å². The molecule has 2 amide bonds. The number of benzene rings is 1. The number of carbonyl (C=O) groups is 1. The third-order valence-electron chi connectivity index (χ3n) is 4.89. The molecule has 1 aliphatic heterocycles. The molecule has 1 fully saturated rings. The third-order valence-corrected chi connectivity index (χ3v) is 4.89. The second-order valence-electron chi connectivity index (χ2n) is 6.49. The van der Waals surface area contributed by atoms with Gasteiger partial charge in [-0.25, -0.2) is 4.79 Å². The van der Waals surface area contributed by atoms with E-state index in [1.807, 2.05) is 48.5 Å². The van der Waals surface area contributed by atoms with Gasteiger partial charge in [0.15, 0.2) is 0 Å². The van der Waals surface area contributed by atoms with Gasteiger partial charge in [0.2, 0.25) is 0 Å². The molecule has 3 rings (SSSR count). The molecule has 5 heteroatoms. The monoisotopic (exact) mass is 339 g/mol. The molecule has 0 bridgehead atoms. The van der Waals surface area contributed by atoms with Crippen molar-refractivity contribution in [3.63, 3.8) is 0 Å². The maximum atomic E-state index is 12.6. The number of hydrogen-bond donors (Lipinski definition) is 1. The average molecular weight is 339 g/mol. The van der Waals surface area contributed by atoms with Gasteiger partial charge in [-0.15, -0.1) is 0 Å². The first kappa shape index (κ1) is 17.3. The summed E-state index contributed by atoms with van der Waals surface area (Å²) in [7, 11) is 1.65. The normalized spacial score (nSPS) is 16.3. The van der Waals surface area contributed by atoms with Crippen LogP contribution in [0.1, 0.15) is 42.9 Å². The summed E-state index contributed by atoms with van der Waals surface area (Å²) in [4.78, 5) is 18.5. The minimum atomic E-state index is -0.0551. The zero-order valence-corrected chi connectivity index (χ0v) is 14.8. The number of ether oxygens (including phenoxy) is 1. The van der Waals surface area contributed by atoms with E-state index in [0.717, 1.165) is 37.2 Å². The van der Waals surface area contributed by atoms with E-state index >= 15 is 0 Å². The summed E-state index contributed by atoms with van der Waals surface area (Å²) in [5.41, 5.74) is 2.36. The molecule has 1 aromatic carbocycles. The van der Waals surface area contributed by atoms with Crippen LogP contribution in [0.4, 0.5) is 4.79 Å². The van der Waals surface area contributed by atoms with Crippen LogP contribution in [0.3, 0.4) is 0 Å². The molecular formula is C20H25N3O2. The summed E-state index contributed by atoms with van der Waals surface area (Å²) in [6, 6.07) is 11.9. The lowest BCUT2D eigenvalue weighted by molar-refractivity contribution is 0.178. The number of carbonyl (C=O) groups excluding carboxylic acids is 1. The lowest BCUT2D eigenvalue weighted by atomic mass is 9.90. The van der Waals surface area contributed by atoms with Crippen LogP contribution in [0.25, 0.3) is 0 Å². The SMILES string of the molecule is COc1cccc([C@@H](C)NC(=O)N2CCC(c3ccncc3)CC2)c1. The summed E-state index contributed by atoms with van der Waals surface area (Å²) in [6.07, 6.45) is 5.66. The minimum Gasteiger partial charge on any atom is -0.497 e. The first-order chi connectivity index (χ1) is 12.2. The Bertz CT molecular complexity index is 697. The fourth-order valence-electron chi connectivity index (χ4n) is 3.32. The molecule has 0 aliphatic carbocycles. The Balaban J connectivity index is 1.54. The molecule has 1 atom stereocenters. The van der Waals surface area contributed by atoms with E-state index < -0.39 is 0 Å². The third kappa shape index (κ3) is 4.29. The lowest BCUT2D eigenvalue weighted by Gasteiger charge is -2.33. The van der Waals surface area contributed by atoms with E-state index in [4.69, 9.17) is 4.74 Å². The molecule has 0 saturated carbocycles. The minimum absolute atomic E-state index is 0.00324. The zero-order valence-electron chi connectivity index (χ0n) is 14.8. The Hall–Kier alpha value is -2.56. The number of aromatic nitrogens is 1. The summed E-state index contributed by atoms with van der Waals surface area (Å²) in [6.45, 7) is 3.56. The van der Waals surface area contributed by atoms with Crippen molar-refractivity contribution in [3.05, 3.63) is 59.9 Å². The van der Waals surface area contributed by atoms with E-state index in [1.54, 1.807) is 7.11 Å². The Morgan fingerprint density at radius 3 is 2.64 bits per heavy atom. The zero-order chi connectivity index (χ0) is 17.6. The summed E-state index contributed by atoms with van der Waals surface area (Å²) in [5, 5.41) is 3.09. The van der Waals surface area contributed by atoms with E-state index in [2.05, 4.69) is 22.4 Å². The summed E-state index contributed by atoms with van der Waals surface area (Å²) >= 11 is 0. The van der Waals surface area contributed by atoms with E-state index in [-0.39, 0.29) is 12.1 Å². The van der Waals surface area contributed by atoms with Gasteiger partial charge in [-0.1, -0.05) is 12.1 Å². The van der Waals surface area contributed by atoms with Gasteiger partial charge in [0.1, 0.15) is 5.75 Å². The van der Waals surface area contributed by atoms with Crippen LogP contribution < -0.4 is 10.1 Å². The van der Waals surface area contributed by atoms with Crippen molar-refractivity contribution in [3.8, 4) is 5.75 Å². The molecule has 0 spiro atoms. The second-order valence-corrected chi connectivity index (χ2v) is 6.49. The second kappa shape index (κ2) is 8.01. The number of pyridine rings is 1. The first-order valence-corrected chi connectivity index (χ1v) is 8.76. The van der Waals surface area contributed by atoms with Gasteiger partial charge in [-0.3, -0.25) is 4.98 Å². The predicted molar refractivity (Wildman–Crippen MR) is 97.7 cm³/mol. The fraction of sp³-hybridized carbons (Fsp3) is 0.400. The molecule has 1 aliphatic rings. The number of likely N-dealkylation sites (tertiary alicyclic amines) is 1. The number of nitrogens with one attached hydrogen (secondary N) is 1. The highest BCUT2D eigenvalue weighted by molar-refractivity contribution is 5.74. The number of rotatable bonds is 4. The molecule has 132 valence electrons. The van der Waals surface area contributed by atoms with Crippen LogP contribution >= 0.6 is 0 Å². The topological polar surface area (TPSA) is 54.5 Å². The van der Waals surface area contributed by atoms with Crippen LogP contribution in [0.15, 0.2) is 48.8 Å². The van der Waals surface area contributed by atoms with E-state index in [0.29, 0.717) is 5.92 Å². The van der Waals surface area contributed by atoms with Crippen molar-refractivity contribution in [2.24, 2.45) is 0 Å².